The molecule has 17 heteroatoms. The number of aliphatic carboxylic acids is 1. The molecule has 0 amide bonds. The zero-order valence-corrected chi connectivity index (χ0v) is 16.3. The molecule has 0 bridgehead atoms. The molecule has 3 nitrogen and oxygen atoms in total. The lowest BCUT2D eigenvalue weighted by Gasteiger charge is -2.39. The quantitative estimate of drug-likeness (QED) is 0.291. The van der Waals surface area contributed by atoms with Crippen molar-refractivity contribution in [1.29, 1.82) is 0 Å². The van der Waals surface area contributed by atoms with Gasteiger partial charge in [-0.1, -0.05) is 6.92 Å². The first kappa shape index (κ1) is 32.1. The van der Waals surface area contributed by atoms with Crippen molar-refractivity contribution >= 4 is 17.7 Å². The van der Waals surface area contributed by atoms with Gasteiger partial charge in [0.1, 0.15) is 0 Å². The SMILES string of the molecule is CC(=O)O.CCC(O)CSCCC(F)(F)C(F)(F)C(F)(F)C(F)(F)C(F)(F)C(F)(F)F. The predicted octanol–water partition coefficient (Wildman–Crippen LogP) is 5.71. The number of rotatable bonds is 10. The Kier molecular flexibility index (Phi) is 11.0. The lowest BCUT2D eigenvalue weighted by molar-refractivity contribution is -0.439. The minimum atomic E-state index is -7.86. The Balaban J connectivity index is 0. The number of carboxylic acid groups (broad SMARTS) is 1. The Morgan fingerprint density at radius 1 is 0.806 bits per heavy atom. The summed E-state index contributed by atoms with van der Waals surface area (Å²) in [6, 6.07) is 0. The number of carboxylic acids is 1. The van der Waals surface area contributed by atoms with Crippen LogP contribution >= 0.6 is 11.8 Å². The van der Waals surface area contributed by atoms with Gasteiger partial charge in [0.2, 0.25) is 0 Å². The van der Waals surface area contributed by atoms with Gasteiger partial charge in [-0.05, 0) is 12.2 Å². The third-order valence-corrected chi connectivity index (χ3v) is 4.45. The van der Waals surface area contributed by atoms with Crippen LogP contribution in [0.4, 0.5) is 57.1 Å². The third-order valence-electron chi connectivity index (χ3n) is 3.34. The van der Waals surface area contributed by atoms with E-state index in [2.05, 4.69) is 0 Å². The van der Waals surface area contributed by atoms with Crippen LogP contribution in [0.25, 0.3) is 0 Å². The van der Waals surface area contributed by atoms with Crippen molar-refractivity contribution in [3.8, 4) is 0 Å². The van der Waals surface area contributed by atoms with Gasteiger partial charge in [-0.2, -0.15) is 68.8 Å². The highest BCUT2D eigenvalue weighted by molar-refractivity contribution is 7.99. The lowest BCUT2D eigenvalue weighted by atomic mass is 9.93. The number of alkyl halides is 13. The zero-order valence-electron chi connectivity index (χ0n) is 15.5. The standard InChI is InChI=1S/C12H13F13OS.C2H4O2/c1-2-6(26)5-27-4-3-7(13,14)8(15,16)9(17,18)10(19,20)11(21,22)12(23,24)25;1-2(3)4/h6,26H,2-5H2,1H3;1H3,(H,3,4). The van der Waals surface area contributed by atoms with Crippen molar-refractivity contribution in [2.45, 2.75) is 68.6 Å². The second kappa shape index (κ2) is 10.7. The summed E-state index contributed by atoms with van der Waals surface area (Å²) in [5, 5.41) is 16.5. The van der Waals surface area contributed by atoms with Crippen molar-refractivity contribution in [3.63, 3.8) is 0 Å². The Bertz CT molecular complexity index is 574. The summed E-state index contributed by atoms with van der Waals surface area (Å²) < 4.78 is 166. The molecule has 0 aliphatic carbocycles. The largest absolute Gasteiger partial charge is 0.481 e. The molecule has 0 aromatic rings. The molecule has 1 unspecified atom stereocenters. The molecule has 0 aromatic heterocycles. The molecule has 0 heterocycles. The number of thioether (sulfide) groups is 1. The lowest BCUT2D eigenvalue weighted by Crippen LogP contribution is -2.70. The van der Waals surface area contributed by atoms with E-state index in [1.54, 1.807) is 0 Å². The van der Waals surface area contributed by atoms with Gasteiger partial charge in [-0.3, -0.25) is 4.79 Å². The average Bonchev–Trinajstić information content (AvgIpc) is 2.56. The Morgan fingerprint density at radius 3 is 1.48 bits per heavy atom. The summed E-state index contributed by atoms with van der Waals surface area (Å²) in [6.07, 6.45) is -10.6. The van der Waals surface area contributed by atoms with Crippen LogP contribution in [0.2, 0.25) is 0 Å². The van der Waals surface area contributed by atoms with E-state index in [1.165, 1.54) is 6.92 Å². The number of carbonyl (C=O) groups is 1. The van der Waals surface area contributed by atoms with Gasteiger partial charge in [-0.25, -0.2) is 0 Å². The van der Waals surface area contributed by atoms with E-state index in [-0.39, 0.29) is 12.2 Å². The van der Waals surface area contributed by atoms with E-state index in [0.717, 1.165) is 6.92 Å². The molecule has 188 valence electrons. The van der Waals surface area contributed by atoms with Crippen LogP contribution in [0.5, 0.6) is 0 Å². The molecular formula is C14H17F13O3S. The fourth-order valence-electron chi connectivity index (χ4n) is 1.50. The Hall–Kier alpha value is -1.13. The molecular weight excluding hydrogens is 495 g/mol. The first-order chi connectivity index (χ1) is 13.4. The summed E-state index contributed by atoms with van der Waals surface area (Å²) in [7, 11) is 0. The Labute approximate surface area is 171 Å². The van der Waals surface area contributed by atoms with Crippen LogP contribution in [-0.2, 0) is 4.79 Å². The molecule has 0 radical (unpaired) electrons. The van der Waals surface area contributed by atoms with Crippen LogP contribution in [-0.4, -0.2) is 69.6 Å². The summed E-state index contributed by atoms with van der Waals surface area (Å²) in [5.41, 5.74) is 0. The highest BCUT2D eigenvalue weighted by Gasteiger charge is 2.90. The first-order valence-electron chi connectivity index (χ1n) is 7.85. The number of hydrogen-bond acceptors (Lipinski definition) is 3. The maximum Gasteiger partial charge on any atom is 0.460 e. The maximum absolute atomic E-state index is 13.4. The van der Waals surface area contributed by atoms with Gasteiger partial charge >= 0.3 is 35.8 Å². The molecule has 0 spiro atoms. The van der Waals surface area contributed by atoms with Gasteiger partial charge < -0.3 is 10.2 Å². The van der Waals surface area contributed by atoms with E-state index >= 15 is 0 Å². The number of aliphatic hydroxyl groups excluding tert-OH is 1. The van der Waals surface area contributed by atoms with Gasteiger partial charge in [0.25, 0.3) is 5.97 Å². The van der Waals surface area contributed by atoms with Crippen molar-refractivity contribution in [2.75, 3.05) is 11.5 Å². The normalized spacial score (nSPS) is 15.2. The smallest absolute Gasteiger partial charge is 0.460 e. The molecule has 0 saturated carbocycles. The zero-order chi connectivity index (χ0) is 25.7. The van der Waals surface area contributed by atoms with E-state index < -0.39 is 60.0 Å². The van der Waals surface area contributed by atoms with Crippen LogP contribution in [0.3, 0.4) is 0 Å². The van der Waals surface area contributed by atoms with Crippen LogP contribution in [0, 0.1) is 0 Å². The van der Waals surface area contributed by atoms with E-state index in [9.17, 15) is 57.1 Å². The number of hydrogen-bond donors (Lipinski definition) is 2. The van der Waals surface area contributed by atoms with Crippen molar-refractivity contribution in [3.05, 3.63) is 0 Å². The van der Waals surface area contributed by atoms with E-state index in [0.29, 0.717) is 11.8 Å². The van der Waals surface area contributed by atoms with E-state index in [1.807, 2.05) is 0 Å². The van der Waals surface area contributed by atoms with Crippen molar-refractivity contribution in [1.82, 2.24) is 0 Å². The van der Waals surface area contributed by atoms with Crippen LogP contribution in [0.1, 0.15) is 26.7 Å². The topological polar surface area (TPSA) is 57.5 Å². The number of aliphatic hydroxyl groups is 1. The molecule has 0 fully saturated rings. The van der Waals surface area contributed by atoms with Gasteiger partial charge in [0.05, 0.1) is 6.10 Å². The monoisotopic (exact) mass is 512 g/mol. The Morgan fingerprint density at radius 2 is 1.16 bits per heavy atom. The fourth-order valence-corrected chi connectivity index (χ4v) is 2.57. The van der Waals surface area contributed by atoms with E-state index in [4.69, 9.17) is 15.0 Å². The fraction of sp³-hybridized carbons (Fsp3) is 0.929. The highest BCUT2D eigenvalue weighted by Crippen LogP contribution is 2.60. The molecule has 0 aliphatic rings. The molecule has 1 atom stereocenters. The predicted molar refractivity (Wildman–Crippen MR) is 82.3 cm³/mol. The van der Waals surface area contributed by atoms with Gasteiger partial charge in [-0.15, -0.1) is 0 Å². The first-order valence-corrected chi connectivity index (χ1v) is 9.00. The van der Waals surface area contributed by atoms with Crippen molar-refractivity contribution < 1.29 is 72.1 Å². The second-order valence-electron chi connectivity index (χ2n) is 5.91. The number of halogens is 13. The summed E-state index contributed by atoms with van der Waals surface area (Å²) in [4.78, 5) is 9.00. The summed E-state index contributed by atoms with van der Waals surface area (Å²) in [5.74, 6) is -38.8. The molecule has 2 N–H and O–H groups in total. The molecule has 0 saturated heterocycles. The van der Waals surface area contributed by atoms with Crippen LogP contribution < -0.4 is 0 Å². The maximum atomic E-state index is 13.4. The molecule has 0 rings (SSSR count). The molecule has 0 aliphatic heterocycles. The summed E-state index contributed by atoms with van der Waals surface area (Å²) in [6.45, 7) is 2.53. The minimum Gasteiger partial charge on any atom is -0.481 e. The minimum absolute atomic E-state index is 0.108. The second-order valence-corrected chi connectivity index (χ2v) is 7.06. The highest BCUT2D eigenvalue weighted by atomic mass is 32.2. The molecule has 0 aromatic carbocycles. The molecule has 31 heavy (non-hydrogen) atoms. The van der Waals surface area contributed by atoms with Gasteiger partial charge in [0.15, 0.2) is 0 Å². The van der Waals surface area contributed by atoms with Gasteiger partial charge in [0, 0.05) is 19.1 Å². The van der Waals surface area contributed by atoms with Crippen LogP contribution in [0.15, 0.2) is 0 Å². The summed E-state index contributed by atoms with van der Waals surface area (Å²) >= 11 is 0.333. The third kappa shape index (κ3) is 7.18. The average molecular weight is 512 g/mol. The van der Waals surface area contributed by atoms with Crippen molar-refractivity contribution in [2.24, 2.45) is 0 Å².